The molecule has 0 aromatic carbocycles. The summed E-state index contributed by atoms with van der Waals surface area (Å²) in [6.45, 7) is 0.620. The monoisotopic (exact) mass is 581 g/mol. The van der Waals surface area contributed by atoms with Crippen molar-refractivity contribution in [3.05, 3.63) is 0 Å². The zero-order valence-corrected chi connectivity index (χ0v) is 21.7. The summed E-state index contributed by atoms with van der Waals surface area (Å²) in [5.74, 6) is -1.03. The first kappa shape index (κ1) is 32.2. The molecule has 0 radical (unpaired) electrons. The van der Waals surface area contributed by atoms with Crippen LogP contribution in [0.25, 0.3) is 0 Å². The van der Waals surface area contributed by atoms with Gasteiger partial charge in [0, 0.05) is 0 Å². The zero-order valence-electron chi connectivity index (χ0n) is 21.7. The number of aliphatic hydroxyl groups is 7. The molecule has 3 fully saturated rings. The fourth-order valence-electron chi connectivity index (χ4n) is 5.08. The van der Waals surface area contributed by atoms with E-state index >= 15 is 0 Å². The Hall–Kier alpha value is -2.27. The van der Waals surface area contributed by atoms with Gasteiger partial charge in [0.1, 0.15) is 60.9 Å². The molecule has 15 atom stereocenters. The summed E-state index contributed by atoms with van der Waals surface area (Å²) in [6.07, 6.45) is -17.3. The first-order chi connectivity index (χ1) is 18.7. The lowest BCUT2D eigenvalue weighted by Gasteiger charge is -2.45. The molecule has 19 heteroatoms. The van der Waals surface area contributed by atoms with E-state index in [-0.39, 0.29) is 6.29 Å². The van der Waals surface area contributed by atoms with E-state index in [2.05, 4.69) is 15.3 Å². The Kier molecular flexibility index (Phi) is 10.2. The zero-order chi connectivity index (χ0) is 30.1. The summed E-state index contributed by atoms with van der Waals surface area (Å²) in [4.78, 5) is 19.7. The number of rotatable bonds is 9. The van der Waals surface area contributed by atoms with Gasteiger partial charge in [-0.05, 0) is 14.0 Å². The molecule has 3 rings (SSSR count). The van der Waals surface area contributed by atoms with Gasteiger partial charge < -0.3 is 82.9 Å². The van der Waals surface area contributed by atoms with E-state index < -0.39 is 110 Å². The second-order valence-electron chi connectivity index (χ2n) is 9.89. The van der Waals surface area contributed by atoms with Crippen molar-refractivity contribution in [3.8, 4) is 0 Å². The number of nitrogens with one attached hydrogen (secondary N) is 1. The molecule has 40 heavy (non-hydrogen) atoms. The van der Waals surface area contributed by atoms with E-state index in [0.717, 1.165) is 0 Å². The predicted octanol–water partition coefficient (Wildman–Crippen LogP) is -8.16. The lowest BCUT2D eigenvalue weighted by Crippen LogP contribution is -2.66. The van der Waals surface area contributed by atoms with E-state index in [0.29, 0.717) is 0 Å². The van der Waals surface area contributed by atoms with Gasteiger partial charge in [-0.3, -0.25) is 4.79 Å². The number of carbonyl (C=O) groups excluding carboxylic acids is 1. The van der Waals surface area contributed by atoms with Crippen LogP contribution in [0.2, 0.25) is 0 Å². The van der Waals surface area contributed by atoms with Crippen LogP contribution < -0.4 is 28.3 Å². The van der Waals surface area contributed by atoms with Gasteiger partial charge in [0.25, 0.3) is 0 Å². The van der Waals surface area contributed by atoms with Crippen LogP contribution in [0.15, 0.2) is 9.98 Å². The van der Waals surface area contributed by atoms with E-state index in [1.165, 1.54) is 14.0 Å². The minimum Gasteiger partial charge on any atom is -0.394 e. The van der Waals surface area contributed by atoms with Gasteiger partial charge in [-0.2, -0.15) is 0 Å². The van der Waals surface area contributed by atoms with Gasteiger partial charge in [-0.1, -0.05) is 0 Å². The van der Waals surface area contributed by atoms with Gasteiger partial charge in [-0.15, -0.1) is 0 Å². The van der Waals surface area contributed by atoms with Crippen LogP contribution in [0, 0.1) is 0 Å². The van der Waals surface area contributed by atoms with Crippen molar-refractivity contribution in [1.82, 2.24) is 5.32 Å². The molecule has 0 spiro atoms. The van der Waals surface area contributed by atoms with Gasteiger partial charge in [-0.25, -0.2) is 9.98 Å². The molecule has 0 aromatic rings. The third-order valence-electron chi connectivity index (χ3n) is 7.34. The first-order valence-corrected chi connectivity index (χ1v) is 12.4. The van der Waals surface area contributed by atoms with Crippen LogP contribution in [-0.4, -0.2) is 159 Å². The molecule has 0 amide bonds. The van der Waals surface area contributed by atoms with Crippen LogP contribution in [-0.2, 0) is 23.7 Å². The SMILES string of the molecule is CNC1C(O[C@@H]2C(OC3C(O)C(O)C(N=C(N)N)C(O)C3N=C(N)N)OC(C)C2(O)C=O)OC(CO)C(O)C1O. The molecule has 2 heterocycles. The van der Waals surface area contributed by atoms with Gasteiger partial charge in [0.05, 0.1) is 18.8 Å². The van der Waals surface area contributed by atoms with E-state index in [1.807, 2.05) is 0 Å². The molecule has 3 aliphatic rings. The second-order valence-corrected chi connectivity index (χ2v) is 9.89. The summed E-state index contributed by atoms with van der Waals surface area (Å²) in [7, 11) is 1.42. The molecule has 2 saturated heterocycles. The van der Waals surface area contributed by atoms with Crippen LogP contribution >= 0.6 is 0 Å². The summed E-state index contributed by atoms with van der Waals surface area (Å²) in [5, 5.41) is 76.6. The molecule has 2 aliphatic heterocycles. The lowest BCUT2D eigenvalue weighted by molar-refractivity contribution is -0.314. The second kappa shape index (κ2) is 12.7. The van der Waals surface area contributed by atoms with Crippen molar-refractivity contribution in [2.75, 3.05) is 13.7 Å². The van der Waals surface area contributed by atoms with Gasteiger partial charge in [0.15, 0.2) is 36.4 Å². The van der Waals surface area contributed by atoms with Crippen molar-refractivity contribution in [2.24, 2.45) is 32.9 Å². The predicted molar refractivity (Wildman–Crippen MR) is 133 cm³/mol. The maximum Gasteiger partial charge on any atom is 0.188 e. The number of aldehydes is 1. The maximum atomic E-state index is 12.1. The van der Waals surface area contributed by atoms with Crippen LogP contribution in [0.5, 0.6) is 0 Å². The smallest absolute Gasteiger partial charge is 0.188 e. The minimum atomic E-state index is -2.38. The van der Waals surface area contributed by atoms with Crippen LogP contribution in [0.1, 0.15) is 6.92 Å². The maximum absolute atomic E-state index is 12.1. The molecule has 0 bridgehead atoms. The molecule has 1 aliphatic carbocycles. The Labute approximate surface area is 228 Å². The number of aliphatic hydroxyl groups excluding tert-OH is 6. The highest BCUT2D eigenvalue weighted by molar-refractivity contribution is 5.76. The van der Waals surface area contributed by atoms with E-state index in [9.17, 15) is 40.5 Å². The first-order valence-electron chi connectivity index (χ1n) is 12.4. The lowest BCUT2D eigenvalue weighted by atomic mass is 9.81. The molecule has 16 N–H and O–H groups in total. The molecule has 0 aromatic heterocycles. The highest BCUT2D eigenvalue weighted by atomic mass is 16.8. The standard InChI is InChI=1S/C21H39N7O12/c1-5-21(36,4-30)16(40-17-9(26-2)13(34)10(31)6(3-29)38-17)18(37-5)39-15-8(28-20(24)25)11(32)7(27-19(22)23)12(33)14(15)35/h4-18,26,29,31-36H,3H2,1-2H3,(H4,22,23,27)(H4,24,25,28)/t5?,6?,7?,8?,9?,10?,11?,12?,13?,14?,15?,16-,17?,18?,21?/m1/s1. The number of hydrogen-bond donors (Lipinski definition) is 12. The molecular formula is C21H39N7O12. The van der Waals surface area contributed by atoms with E-state index in [4.69, 9.17) is 41.9 Å². The number of hydrogen-bond acceptors (Lipinski definition) is 15. The Morgan fingerprint density at radius 1 is 0.900 bits per heavy atom. The largest absolute Gasteiger partial charge is 0.394 e. The normalized spacial score (nSPS) is 47.4. The Balaban J connectivity index is 1.96. The Morgan fingerprint density at radius 2 is 1.50 bits per heavy atom. The summed E-state index contributed by atoms with van der Waals surface area (Å²) < 4.78 is 22.9. The number of likely N-dealkylation sites (N-methyl/N-ethyl adjacent to an activating group) is 1. The van der Waals surface area contributed by atoms with Crippen molar-refractivity contribution >= 4 is 18.2 Å². The number of ether oxygens (including phenoxy) is 4. The Bertz CT molecular complexity index is 940. The topological polar surface area (TPSA) is 336 Å². The Morgan fingerprint density at radius 3 is 2.02 bits per heavy atom. The molecule has 230 valence electrons. The third-order valence-corrected chi connectivity index (χ3v) is 7.34. The quantitative estimate of drug-likeness (QED) is 0.0682. The van der Waals surface area contributed by atoms with Crippen molar-refractivity contribution in [2.45, 2.75) is 98.2 Å². The minimum absolute atomic E-state index is 0.140. The summed E-state index contributed by atoms with van der Waals surface area (Å²) in [5.41, 5.74) is 19.4. The fraction of sp³-hybridized carbons (Fsp3) is 0.857. The number of carbonyl (C=O) groups is 1. The molecular weight excluding hydrogens is 542 g/mol. The van der Waals surface area contributed by atoms with Crippen LogP contribution in [0.3, 0.4) is 0 Å². The van der Waals surface area contributed by atoms with Crippen molar-refractivity contribution in [3.63, 3.8) is 0 Å². The van der Waals surface area contributed by atoms with Crippen LogP contribution in [0.4, 0.5) is 0 Å². The highest BCUT2D eigenvalue weighted by Crippen LogP contribution is 2.38. The van der Waals surface area contributed by atoms with Gasteiger partial charge in [0.2, 0.25) is 0 Å². The third kappa shape index (κ3) is 6.00. The molecule has 14 unspecified atom stereocenters. The molecule has 19 nitrogen and oxygen atoms in total. The van der Waals surface area contributed by atoms with Gasteiger partial charge >= 0.3 is 0 Å². The fourth-order valence-corrected chi connectivity index (χ4v) is 5.08. The number of nitrogens with two attached hydrogens (primary N) is 4. The number of aliphatic imine (C=N–C) groups is 2. The van der Waals surface area contributed by atoms with Crippen molar-refractivity contribution in [1.29, 1.82) is 0 Å². The number of nitrogens with zero attached hydrogens (tertiary/aromatic N) is 2. The average molecular weight is 582 g/mol. The van der Waals surface area contributed by atoms with E-state index in [1.54, 1.807) is 0 Å². The summed E-state index contributed by atoms with van der Waals surface area (Å²) in [6, 6.07) is -4.08. The molecule has 1 saturated carbocycles. The highest BCUT2D eigenvalue weighted by Gasteiger charge is 2.60. The average Bonchev–Trinajstić information content (AvgIpc) is 3.13. The summed E-state index contributed by atoms with van der Waals surface area (Å²) >= 11 is 0. The number of guanidine groups is 2. The van der Waals surface area contributed by atoms with Crippen molar-refractivity contribution < 1.29 is 59.5 Å².